The number of fused-ring (bicyclic) bond motifs is 2. The van der Waals surface area contributed by atoms with E-state index in [0.29, 0.717) is 18.8 Å². The molecule has 0 aliphatic carbocycles. The molecular formula is C27H28N2O3. The van der Waals surface area contributed by atoms with Crippen molar-refractivity contribution < 1.29 is 14.3 Å². The summed E-state index contributed by atoms with van der Waals surface area (Å²) in [5.74, 6) is 1.41. The first-order valence-corrected chi connectivity index (χ1v) is 11.2. The molecule has 0 aromatic heterocycles. The van der Waals surface area contributed by atoms with Crippen molar-refractivity contribution in [1.82, 2.24) is 10.2 Å². The van der Waals surface area contributed by atoms with E-state index in [0.717, 1.165) is 43.1 Å². The van der Waals surface area contributed by atoms with E-state index >= 15 is 0 Å². The summed E-state index contributed by atoms with van der Waals surface area (Å²) in [5.41, 5.74) is 5.76. The first-order chi connectivity index (χ1) is 15.7. The lowest BCUT2D eigenvalue weighted by Gasteiger charge is -2.28. The SMILES string of the molecule is C[C@@H](NC(=O)c1ccc(CN2CCc3ccccc3C2)cc1)c1ccc2c(c1)OCCO2. The quantitative estimate of drug-likeness (QED) is 0.650. The summed E-state index contributed by atoms with van der Waals surface area (Å²) in [6, 6.07) is 22.3. The molecule has 5 nitrogen and oxygen atoms in total. The Morgan fingerprint density at radius 3 is 2.53 bits per heavy atom. The lowest BCUT2D eigenvalue weighted by atomic mass is 9.99. The highest BCUT2D eigenvalue weighted by Gasteiger charge is 2.18. The van der Waals surface area contributed by atoms with Gasteiger partial charge in [0.05, 0.1) is 6.04 Å². The van der Waals surface area contributed by atoms with Gasteiger partial charge < -0.3 is 14.8 Å². The molecule has 0 radical (unpaired) electrons. The third-order valence-electron chi connectivity index (χ3n) is 6.25. The van der Waals surface area contributed by atoms with E-state index in [1.54, 1.807) is 0 Å². The highest BCUT2D eigenvalue weighted by Crippen LogP contribution is 2.32. The fraction of sp³-hybridized carbons (Fsp3) is 0.296. The van der Waals surface area contributed by atoms with Crippen LogP contribution in [-0.4, -0.2) is 30.6 Å². The number of carbonyl (C=O) groups excluding carboxylic acids is 1. The Hall–Kier alpha value is -3.31. The van der Waals surface area contributed by atoms with Crippen LogP contribution >= 0.6 is 0 Å². The molecular weight excluding hydrogens is 400 g/mol. The van der Waals surface area contributed by atoms with Gasteiger partial charge in [-0.2, -0.15) is 0 Å². The van der Waals surface area contributed by atoms with Gasteiger partial charge >= 0.3 is 0 Å². The molecule has 164 valence electrons. The van der Waals surface area contributed by atoms with Gasteiger partial charge in [0.15, 0.2) is 11.5 Å². The fourth-order valence-electron chi connectivity index (χ4n) is 4.40. The minimum absolute atomic E-state index is 0.0779. The first kappa shape index (κ1) is 20.6. The predicted molar refractivity (Wildman–Crippen MR) is 124 cm³/mol. The van der Waals surface area contributed by atoms with Crippen LogP contribution in [0.25, 0.3) is 0 Å². The van der Waals surface area contributed by atoms with Crippen LogP contribution in [0.2, 0.25) is 0 Å². The molecule has 0 saturated carbocycles. The number of hydrogen-bond acceptors (Lipinski definition) is 4. The Kier molecular flexibility index (Phi) is 5.82. The molecule has 0 bridgehead atoms. The third-order valence-corrected chi connectivity index (χ3v) is 6.25. The van der Waals surface area contributed by atoms with Gasteiger partial charge in [-0.05, 0) is 59.9 Å². The van der Waals surface area contributed by atoms with E-state index in [4.69, 9.17) is 9.47 Å². The molecule has 0 fully saturated rings. The molecule has 1 N–H and O–H groups in total. The molecule has 2 aliphatic heterocycles. The highest BCUT2D eigenvalue weighted by atomic mass is 16.6. The van der Waals surface area contributed by atoms with Gasteiger partial charge in [-0.1, -0.05) is 42.5 Å². The molecule has 1 amide bonds. The second-order valence-corrected chi connectivity index (χ2v) is 8.52. The average molecular weight is 429 g/mol. The number of benzene rings is 3. The lowest BCUT2D eigenvalue weighted by Crippen LogP contribution is -2.30. The van der Waals surface area contributed by atoms with Gasteiger partial charge in [-0.3, -0.25) is 9.69 Å². The molecule has 32 heavy (non-hydrogen) atoms. The maximum absolute atomic E-state index is 12.8. The second-order valence-electron chi connectivity index (χ2n) is 8.52. The zero-order valence-corrected chi connectivity index (χ0v) is 18.3. The summed E-state index contributed by atoms with van der Waals surface area (Å²) in [4.78, 5) is 15.2. The van der Waals surface area contributed by atoms with E-state index < -0.39 is 0 Å². The minimum atomic E-state index is -0.133. The Labute approximate surface area is 189 Å². The van der Waals surface area contributed by atoms with Crippen molar-refractivity contribution in [1.29, 1.82) is 0 Å². The van der Waals surface area contributed by atoms with Crippen molar-refractivity contribution in [3.05, 3.63) is 94.5 Å². The topological polar surface area (TPSA) is 50.8 Å². The van der Waals surface area contributed by atoms with E-state index in [2.05, 4.69) is 46.6 Å². The van der Waals surface area contributed by atoms with Crippen molar-refractivity contribution in [2.45, 2.75) is 32.5 Å². The Balaban J connectivity index is 1.19. The van der Waals surface area contributed by atoms with Crippen molar-refractivity contribution in [3.63, 3.8) is 0 Å². The molecule has 1 atom stereocenters. The summed E-state index contributed by atoms with van der Waals surface area (Å²) in [5, 5.41) is 3.09. The van der Waals surface area contributed by atoms with Crippen LogP contribution in [0.5, 0.6) is 11.5 Å². The Bertz CT molecular complexity index is 1110. The molecule has 3 aromatic rings. The van der Waals surface area contributed by atoms with E-state index in [1.165, 1.54) is 16.7 Å². The maximum atomic E-state index is 12.8. The highest BCUT2D eigenvalue weighted by molar-refractivity contribution is 5.94. The average Bonchev–Trinajstić information content (AvgIpc) is 2.84. The van der Waals surface area contributed by atoms with E-state index in [-0.39, 0.29) is 11.9 Å². The van der Waals surface area contributed by atoms with Crippen LogP contribution in [0.15, 0.2) is 66.7 Å². The molecule has 3 aromatic carbocycles. The van der Waals surface area contributed by atoms with Crippen LogP contribution in [0.3, 0.4) is 0 Å². The zero-order valence-electron chi connectivity index (χ0n) is 18.3. The molecule has 2 heterocycles. The number of rotatable bonds is 5. The molecule has 0 unspecified atom stereocenters. The number of nitrogens with one attached hydrogen (secondary N) is 1. The molecule has 2 aliphatic rings. The Morgan fingerprint density at radius 2 is 1.72 bits per heavy atom. The minimum Gasteiger partial charge on any atom is -0.486 e. The predicted octanol–water partition coefficient (Wildman–Crippen LogP) is 4.51. The summed E-state index contributed by atoms with van der Waals surface area (Å²) < 4.78 is 11.2. The van der Waals surface area contributed by atoms with Crippen LogP contribution in [-0.2, 0) is 19.5 Å². The van der Waals surface area contributed by atoms with Crippen molar-refractivity contribution in [2.24, 2.45) is 0 Å². The van der Waals surface area contributed by atoms with Gasteiger partial charge in [0.25, 0.3) is 5.91 Å². The number of nitrogens with zero attached hydrogens (tertiary/aromatic N) is 1. The summed E-state index contributed by atoms with van der Waals surface area (Å²) in [6.07, 6.45) is 1.09. The molecule has 5 rings (SSSR count). The Morgan fingerprint density at radius 1 is 0.969 bits per heavy atom. The smallest absolute Gasteiger partial charge is 0.251 e. The van der Waals surface area contributed by atoms with Gasteiger partial charge in [-0.15, -0.1) is 0 Å². The van der Waals surface area contributed by atoms with Crippen LogP contribution in [0, 0.1) is 0 Å². The van der Waals surface area contributed by atoms with Gasteiger partial charge in [0.1, 0.15) is 13.2 Å². The number of carbonyl (C=O) groups is 1. The van der Waals surface area contributed by atoms with E-state index in [1.807, 2.05) is 37.3 Å². The van der Waals surface area contributed by atoms with Crippen LogP contribution in [0.1, 0.15) is 45.6 Å². The lowest BCUT2D eigenvalue weighted by molar-refractivity contribution is 0.0939. The molecule has 0 spiro atoms. The number of hydrogen-bond donors (Lipinski definition) is 1. The summed E-state index contributed by atoms with van der Waals surface area (Å²) in [7, 11) is 0. The van der Waals surface area contributed by atoms with E-state index in [9.17, 15) is 4.79 Å². The van der Waals surface area contributed by atoms with Gasteiger partial charge in [0, 0.05) is 25.2 Å². The number of ether oxygens (including phenoxy) is 2. The number of amides is 1. The standard InChI is InChI=1S/C27H28N2O3/c1-19(23-10-11-25-26(16-23)32-15-14-31-25)28-27(30)22-8-6-20(7-9-22)17-29-13-12-21-4-2-3-5-24(21)18-29/h2-11,16,19H,12-15,17-18H2,1H3,(H,28,30)/t19-/m1/s1. The van der Waals surface area contributed by atoms with Crippen LogP contribution in [0.4, 0.5) is 0 Å². The van der Waals surface area contributed by atoms with Gasteiger partial charge in [-0.25, -0.2) is 0 Å². The third kappa shape index (κ3) is 4.48. The fourth-order valence-corrected chi connectivity index (χ4v) is 4.40. The van der Waals surface area contributed by atoms with Crippen molar-refractivity contribution in [2.75, 3.05) is 19.8 Å². The molecule has 0 saturated heterocycles. The summed E-state index contributed by atoms with van der Waals surface area (Å²) in [6.45, 7) is 6.03. The van der Waals surface area contributed by atoms with Crippen molar-refractivity contribution >= 4 is 5.91 Å². The zero-order chi connectivity index (χ0) is 21.9. The van der Waals surface area contributed by atoms with Gasteiger partial charge in [0.2, 0.25) is 0 Å². The van der Waals surface area contributed by atoms with Crippen LogP contribution < -0.4 is 14.8 Å². The normalized spacial score (nSPS) is 16.2. The second kappa shape index (κ2) is 9.05. The monoisotopic (exact) mass is 428 g/mol. The largest absolute Gasteiger partial charge is 0.486 e. The summed E-state index contributed by atoms with van der Waals surface area (Å²) >= 11 is 0. The first-order valence-electron chi connectivity index (χ1n) is 11.2. The van der Waals surface area contributed by atoms with Crippen molar-refractivity contribution in [3.8, 4) is 11.5 Å². The molecule has 5 heteroatoms. The maximum Gasteiger partial charge on any atom is 0.251 e.